The first-order chi connectivity index (χ1) is 10.2. The van der Waals surface area contributed by atoms with Gasteiger partial charge in [-0.2, -0.15) is 0 Å². The molecule has 2 fully saturated rings. The number of carbonyl (C=O) groups is 1. The molecule has 0 N–H and O–H groups in total. The van der Waals surface area contributed by atoms with Gasteiger partial charge < -0.3 is 4.74 Å². The van der Waals surface area contributed by atoms with E-state index < -0.39 is 0 Å². The summed E-state index contributed by atoms with van der Waals surface area (Å²) in [5.41, 5.74) is 2.77. The fourth-order valence-corrected chi connectivity index (χ4v) is 3.31. The number of rotatable bonds is 3. The van der Waals surface area contributed by atoms with E-state index in [9.17, 15) is 4.79 Å². The molecule has 21 heavy (non-hydrogen) atoms. The Bertz CT molecular complexity index is 503. The van der Waals surface area contributed by atoms with Crippen molar-refractivity contribution < 1.29 is 9.53 Å². The van der Waals surface area contributed by atoms with E-state index in [0.29, 0.717) is 6.61 Å². The van der Waals surface area contributed by atoms with Crippen molar-refractivity contribution in [3.05, 3.63) is 35.4 Å². The summed E-state index contributed by atoms with van der Waals surface area (Å²) in [7, 11) is 0. The van der Waals surface area contributed by atoms with Crippen molar-refractivity contribution in [2.24, 2.45) is 0 Å². The molecule has 2 aliphatic rings. The molecule has 0 spiro atoms. The summed E-state index contributed by atoms with van der Waals surface area (Å²) >= 11 is 0. The van der Waals surface area contributed by atoms with E-state index in [4.69, 9.17) is 4.74 Å². The third-order valence-corrected chi connectivity index (χ3v) is 4.63. The normalized spacial score (nSPS) is 24.8. The van der Waals surface area contributed by atoms with E-state index >= 15 is 0 Å². The molecule has 0 bridgehead atoms. The third kappa shape index (κ3) is 3.44. The maximum absolute atomic E-state index is 11.7. The molecule has 0 unspecified atom stereocenters. The van der Waals surface area contributed by atoms with Crippen LogP contribution in [0.5, 0.6) is 0 Å². The first-order valence-electron chi connectivity index (χ1n) is 7.91. The van der Waals surface area contributed by atoms with Gasteiger partial charge in [-0.05, 0) is 31.0 Å². The minimum Gasteiger partial charge on any atom is -0.464 e. The first-order valence-corrected chi connectivity index (χ1v) is 7.91. The van der Waals surface area contributed by atoms with Gasteiger partial charge in [0.2, 0.25) is 0 Å². The van der Waals surface area contributed by atoms with Crippen molar-refractivity contribution in [3.63, 3.8) is 0 Å². The number of hydrogen-bond donors (Lipinski definition) is 0. The van der Waals surface area contributed by atoms with Crippen LogP contribution in [0.4, 0.5) is 0 Å². The van der Waals surface area contributed by atoms with E-state index in [2.05, 4.69) is 41.0 Å². The molecule has 4 heteroatoms. The summed E-state index contributed by atoms with van der Waals surface area (Å²) in [6, 6.07) is 8.60. The van der Waals surface area contributed by atoms with Crippen LogP contribution >= 0.6 is 0 Å². The summed E-state index contributed by atoms with van der Waals surface area (Å²) in [5, 5.41) is 0. The largest absolute Gasteiger partial charge is 0.464 e. The molecule has 3 rings (SSSR count). The molecule has 4 nitrogen and oxygen atoms in total. The van der Waals surface area contributed by atoms with Crippen LogP contribution in [0.3, 0.4) is 0 Å². The number of benzene rings is 1. The summed E-state index contributed by atoms with van der Waals surface area (Å²) in [5.74, 6) is -0.0256. The number of cyclic esters (lactones) is 1. The molecule has 1 atom stereocenters. The molecule has 0 saturated carbocycles. The molecular weight excluding hydrogens is 264 g/mol. The molecule has 2 heterocycles. The number of nitrogens with zero attached hydrogens (tertiary/aromatic N) is 2. The van der Waals surface area contributed by atoms with Crippen LogP contribution in [0.1, 0.15) is 24.0 Å². The Balaban J connectivity index is 1.58. The van der Waals surface area contributed by atoms with E-state index in [1.54, 1.807) is 0 Å². The zero-order valence-corrected chi connectivity index (χ0v) is 12.8. The minimum atomic E-state index is -0.0256. The van der Waals surface area contributed by atoms with Gasteiger partial charge in [0, 0.05) is 32.6 Å². The van der Waals surface area contributed by atoms with Crippen LogP contribution in [0.15, 0.2) is 24.3 Å². The van der Waals surface area contributed by atoms with Crippen molar-refractivity contribution in [3.8, 4) is 0 Å². The fraction of sp³-hybridized carbons (Fsp3) is 0.588. The smallest absolute Gasteiger partial charge is 0.323 e. The molecule has 2 saturated heterocycles. The molecule has 114 valence electrons. The van der Waals surface area contributed by atoms with Gasteiger partial charge in [0.15, 0.2) is 0 Å². The van der Waals surface area contributed by atoms with Crippen molar-refractivity contribution in [2.45, 2.75) is 32.4 Å². The summed E-state index contributed by atoms with van der Waals surface area (Å²) in [6.07, 6.45) is 1.98. The Labute approximate surface area is 126 Å². The number of carbonyl (C=O) groups excluding carboxylic acids is 1. The molecular formula is C17H24N2O2. The Kier molecular flexibility index (Phi) is 4.56. The number of hydrogen-bond acceptors (Lipinski definition) is 4. The first kappa shape index (κ1) is 14.5. The maximum Gasteiger partial charge on any atom is 0.323 e. The SMILES string of the molecule is Cc1ccccc1CN1CCCN([C@H]2CCOC2=O)CC1. The monoisotopic (exact) mass is 288 g/mol. The maximum atomic E-state index is 11.7. The Morgan fingerprint density at radius 2 is 2.05 bits per heavy atom. The second-order valence-electron chi connectivity index (χ2n) is 6.06. The van der Waals surface area contributed by atoms with Crippen molar-refractivity contribution in [1.29, 1.82) is 0 Å². The quantitative estimate of drug-likeness (QED) is 0.794. The van der Waals surface area contributed by atoms with Gasteiger partial charge >= 0.3 is 5.97 Å². The van der Waals surface area contributed by atoms with Gasteiger partial charge in [-0.25, -0.2) is 0 Å². The van der Waals surface area contributed by atoms with Crippen molar-refractivity contribution in [1.82, 2.24) is 9.80 Å². The Hall–Kier alpha value is -1.39. The summed E-state index contributed by atoms with van der Waals surface area (Å²) in [4.78, 5) is 16.5. The van der Waals surface area contributed by atoms with E-state index in [0.717, 1.165) is 45.6 Å². The molecule has 0 aliphatic carbocycles. The highest BCUT2D eigenvalue weighted by Crippen LogP contribution is 2.18. The van der Waals surface area contributed by atoms with Crippen LogP contribution in [0.25, 0.3) is 0 Å². The fourth-order valence-electron chi connectivity index (χ4n) is 3.31. The van der Waals surface area contributed by atoms with Gasteiger partial charge in [0.25, 0.3) is 0 Å². The highest BCUT2D eigenvalue weighted by Gasteiger charge is 2.33. The van der Waals surface area contributed by atoms with E-state index in [1.807, 2.05) is 0 Å². The zero-order valence-electron chi connectivity index (χ0n) is 12.8. The molecule has 2 aliphatic heterocycles. The summed E-state index contributed by atoms with van der Waals surface area (Å²) in [6.45, 7) is 7.87. The Morgan fingerprint density at radius 3 is 2.81 bits per heavy atom. The van der Waals surface area contributed by atoms with E-state index in [1.165, 1.54) is 11.1 Å². The van der Waals surface area contributed by atoms with Crippen LogP contribution in [0.2, 0.25) is 0 Å². The third-order valence-electron chi connectivity index (χ3n) is 4.63. The molecule has 0 aromatic heterocycles. The zero-order chi connectivity index (χ0) is 14.7. The van der Waals surface area contributed by atoms with E-state index in [-0.39, 0.29) is 12.0 Å². The van der Waals surface area contributed by atoms with Gasteiger partial charge in [0.1, 0.15) is 6.04 Å². The lowest BCUT2D eigenvalue weighted by molar-refractivity contribution is -0.142. The predicted octanol–water partition coefficient (Wildman–Crippen LogP) is 1.82. The molecule has 0 amide bonds. The predicted molar refractivity (Wildman–Crippen MR) is 82.0 cm³/mol. The van der Waals surface area contributed by atoms with Crippen LogP contribution in [-0.2, 0) is 16.1 Å². The topological polar surface area (TPSA) is 32.8 Å². The highest BCUT2D eigenvalue weighted by atomic mass is 16.5. The average Bonchev–Trinajstić information content (AvgIpc) is 2.77. The van der Waals surface area contributed by atoms with Crippen molar-refractivity contribution in [2.75, 3.05) is 32.8 Å². The molecule has 1 aromatic rings. The lowest BCUT2D eigenvalue weighted by Crippen LogP contribution is -2.40. The number of aryl methyl sites for hydroxylation is 1. The van der Waals surface area contributed by atoms with Crippen LogP contribution < -0.4 is 0 Å². The second kappa shape index (κ2) is 6.58. The van der Waals surface area contributed by atoms with Crippen LogP contribution in [0, 0.1) is 6.92 Å². The molecule has 1 aromatic carbocycles. The van der Waals surface area contributed by atoms with Crippen LogP contribution in [-0.4, -0.2) is 54.6 Å². The lowest BCUT2D eigenvalue weighted by atomic mass is 10.1. The van der Waals surface area contributed by atoms with Gasteiger partial charge in [-0.15, -0.1) is 0 Å². The Morgan fingerprint density at radius 1 is 1.19 bits per heavy atom. The van der Waals surface area contributed by atoms with Crippen molar-refractivity contribution >= 4 is 5.97 Å². The average molecular weight is 288 g/mol. The lowest BCUT2D eigenvalue weighted by Gasteiger charge is -2.25. The van der Waals surface area contributed by atoms with Gasteiger partial charge in [0.05, 0.1) is 6.61 Å². The number of esters is 1. The summed E-state index contributed by atoms with van der Waals surface area (Å²) < 4.78 is 5.10. The van der Waals surface area contributed by atoms with Gasteiger partial charge in [-0.3, -0.25) is 14.6 Å². The van der Waals surface area contributed by atoms with Gasteiger partial charge in [-0.1, -0.05) is 24.3 Å². The standard InChI is InChI=1S/C17H24N2O2/c1-14-5-2-3-6-15(14)13-18-8-4-9-19(11-10-18)16-7-12-21-17(16)20/h2-3,5-6,16H,4,7-13H2,1H3/t16-/m0/s1. The second-order valence-corrected chi connectivity index (χ2v) is 6.06. The highest BCUT2D eigenvalue weighted by molar-refractivity contribution is 5.77. The minimum absolute atomic E-state index is 0.00316. The molecule has 0 radical (unpaired) electrons. The number of ether oxygens (including phenoxy) is 1.